The van der Waals surface area contributed by atoms with Gasteiger partial charge in [-0.25, -0.2) is 4.98 Å². The van der Waals surface area contributed by atoms with Crippen molar-refractivity contribution in [3.05, 3.63) is 72.2 Å². The Morgan fingerprint density at radius 2 is 1.77 bits per heavy atom. The average Bonchev–Trinajstić information content (AvgIpc) is 3.48. The zero-order valence-corrected chi connectivity index (χ0v) is 20.6. The van der Waals surface area contributed by atoms with Crippen LogP contribution in [0, 0.1) is 12.3 Å². The largest absolute Gasteiger partial charge is 0.456 e. The van der Waals surface area contributed by atoms with Gasteiger partial charge in [-0.3, -0.25) is 4.98 Å². The molecule has 0 spiro atoms. The summed E-state index contributed by atoms with van der Waals surface area (Å²) in [6, 6.07) is 15.9. The zero-order valence-electron chi connectivity index (χ0n) is 25.6. The molecule has 0 radical (unpaired) electrons. The van der Waals surface area contributed by atoms with Gasteiger partial charge >= 0.3 is 0 Å². The molecule has 3 aromatic heterocycles. The number of furan rings is 1. The number of benzene rings is 3. The van der Waals surface area contributed by atoms with Gasteiger partial charge in [0.25, 0.3) is 0 Å². The number of aromatic nitrogens is 3. The molecule has 0 saturated heterocycles. The summed E-state index contributed by atoms with van der Waals surface area (Å²) in [5.74, 6) is 0. The summed E-state index contributed by atoms with van der Waals surface area (Å²) in [5.41, 5.74) is 4.00. The van der Waals surface area contributed by atoms with Gasteiger partial charge in [-0.05, 0) is 91.5 Å². The number of fused-ring (bicyclic) bond motifs is 7. The maximum absolute atomic E-state index is 8.86. The van der Waals surface area contributed by atoms with Crippen molar-refractivity contribution in [1.82, 2.24) is 14.5 Å². The zero-order chi connectivity index (χ0) is 28.8. The van der Waals surface area contributed by atoms with Crippen molar-refractivity contribution in [3.8, 4) is 11.3 Å². The Morgan fingerprint density at radius 1 is 0.971 bits per heavy atom. The Morgan fingerprint density at radius 3 is 2.54 bits per heavy atom. The van der Waals surface area contributed by atoms with Crippen LogP contribution in [-0.2, 0) is 6.37 Å². The summed E-state index contributed by atoms with van der Waals surface area (Å²) < 4.78 is 50.2. The Kier molecular flexibility index (Phi) is 3.70. The van der Waals surface area contributed by atoms with Gasteiger partial charge in [-0.15, -0.1) is 0 Å². The number of hydrogen-bond acceptors (Lipinski definition) is 3. The van der Waals surface area contributed by atoms with Gasteiger partial charge < -0.3 is 8.98 Å². The number of imidazole rings is 1. The van der Waals surface area contributed by atoms with Crippen LogP contribution in [0.2, 0.25) is 0 Å². The van der Waals surface area contributed by atoms with Crippen molar-refractivity contribution in [1.29, 1.82) is 0 Å². The van der Waals surface area contributed by atoms with Crippen LogP contribution in [0.5, 0.6) is 0 Å². The van der Waals surface area contributed by atoms with Crippen molar-refractivity contribution in [3.63, 3.8) is 0 Å². The summed E-state index contributed by atoms with van der Waals surface area (Å²) in [6.07, 6.45) is 1.28. The first-order valence-corrected chi connectivity index (χ1v) is 11.9. The number of aryl methyl sites for hydroxylation is 1. The lowest BCUT2D eigenvalue weighted by atomic mass is 9.86. The molecule has 0 fully saturated rings. The molecule has 0 aliphatic carbocycles. The van der Waals surface area contributed by atoms with Crippen molar-refractivity contribution in [2.45, 2.75) is 53.9 Å². The Balaban J connectivity index is 1.59. The Hall–Kier alpha value is -3.66. The highest BCUT2D eigenvalue weighted by molar-refractivity contribution is 6.23. The molecule has 3 heterocycles. The molecular weight excluding hydrogens is 430 g/mol. The summed E-state index contributed by atoms with van der Waals surface area (Å²) in [4.78, 5) is 9.22. The molecule has 0 bridgehead atoms. The number of nitrogens with zero attached hydrogens (tertiary/aromatic N) is 3. The fourth-order valence-corrected chi connectivity index (χ4v) is 4.87. The molecule has 0 unspecified atom stereocenters. The third-order valence-electron chi connectivity index (χ3n) is 6.44. The minimum absolute atomic E-state index is 0.0677. The second-order valence-corrected chi connectivity index (χ2v) is 10.5. The van der Waals surface area contributed by atoms with E-state index in [4.69, 9.17) is 16.3 Å². The van der Waals surface area contributed by atoms with E-state index in [9.17, 15) is 0 Å². The molecule has 0 aliphatic rings. The second kappa shape index (κ2) is 7.67. The van der Waals surface area contributed by atoms with Crippen LogP contribution in [0.25, 0.3) is 55.0 Å². The lowest BCUT2D eigenvalue weighted by Gasteiger charge is -2.20. The molecule has 0 atom stereocenters. The summed E-state index contributed by atoms with van der Waals surface area (Å²) in [5, 5.41) is 3.95. The minimum atomic E-state index is -2.49. The van der Waals surface area contributed by atoms with E-state index >= 15 is 0 Å². The van der Waals surface area contributed by atoms with Crippen molar-refractivity contribution in [2.24, 2.45) is 5.41 Å². The smallest absolute Gasteiger partial charge is 0.136 e. The quantitative estimate of drug-likeness (QED) is 0.262. The van der Waals surface area contributed by atoms with E-state index in [0.29, 0.717) is 11.7 Å². The predicted molar refractivity (Wildman–Crippen MR) is 146 cm³/mol. The van der Waals surface area contributed by atoms with Gasteiger partial charge in [0.1, 0.15) is 11.2 Å². The van der Waals surface area contributed by atoms with Crippen LogP contribution >= 0.6 is 0 Å². The lowest BCUT2D eigenvalue weighted by molar-refractivity contribution is 0.410. The molecular formula is C31H31N3O. The third-order valence-corrected chi connectivity index (χ3v) is 6.44. The fourth-order valence-electron chi connectivity index (χ4n) is 4.87. The van der Waals surface area contributed by atoms with Crippen LogP contribution in [0.15, 0.2) is 65.5 Å². The average molecular weight is 467 g/mol. The van der Waals surface area contributed by atoms with Gasteiger partial charge in [0.2, 0.25) is 0 Å². The molecule has 6 aromatic rings. The van der Waals surface area contributed by atoms with Gasteiger partial charge in [-0.2, -0.15) is 0 Å². The predicted octanol–water partition coefficient (Wildman–Crippen LogP) is 8.63. The standard InChI is InChI=1S/C31H31N3O/c1-18(2)34-17-33-30-23-9-12-28-29(22(23)8-10-26(30)34)24-13-20(7-11-27(24)35-28)25-14-21(15-31(4,5)6)19(3)16-32-25/h7-14,16-18H,15H2,1-6H3/i3D3,15D2. The van der Waals surface area contributed by atoms with Crippen LogP contribution < -0.4 is 0 Å². The fraction of sp³-hybridized carbons (Fsp3) is 0.290. The van der Waals surface area contributed by atoms with Gasteiger partial charge in [0, 0.05) is 40.8 Å². The van der Waals surface area contributed by atoms with Crippen LogP contribution in [0.1, 0.15) is 58.6 Å². The number of rotatable bonds is 3. The molecule has 0 aliphatic heterocycles. The highest BCUT2D eigenvalue weighted by atomic mass is 16.3. The lowest BCUT2D eigenvalue weighted by Crippen LogP contribution is -2.10. The molecule has 0 N–H and O–H groups in total. The molecule has 4 nitrogen and oxygen atoms in total. The van der Waals surface area contributed by atoms with Crippen molar-refractivity contribution >= 4 is 43.7 Å². The first kappa shape index (κ1) is 16.9. The normalized spacial score (nSPS) is 15.5. The van der Waals surface area contributed by atoms with E-state index in [1.165, 1.54) is 6.20 Å². The SMILES string of the molecule is [2H]C([2H])([2H])c1cnc(-c2ccc3oc4ccc5c(ccc6c5ncn6C(C)C)c4c3c2)cc1C([2H])([2H])C(C)(C)C. The van der Waals surface area contributed by atoms with E-state index in [1.807, 2.05) is 30.6 Å². The first-order valence-electron chi connectivity index (χ1n) is 14.4. The Labute approximate surface area is 212 Å². The van der Waals surface area contributed by atoms with Crippen molar-refractivity contribution < 1.29 is 11.3 Å². The van der Waals surface area contributed by atoms with E-state index in [0.717, 1.165) is 49.3 Å². The highest BCUT2D eigenvalue weighted by Crippen LogP contribution is 2.39. The topological polar surface area (TPSA) is 43.9 Å². The molecule has 6 rings (SSSR count). The van der Waals surface area contributed by atoms with Gasteiger partial charge in [0.05, 0.1) is 23.1 Å². The van der Waals surface area contributed by atoms with Crippen LogP contribution in [0.4, 0.5) is 0 Å². The van der Waals surface area contributed by atoms with Crippen molar-refractivity contribution in [2.75, 3.05) is 0 Å². The molecule has 3 aromatic carbocycles. The second-order valence-electron chi connectivity index (χ2n) is 10.5. The molecule has 176 valence electrons. The summed E-state index contributed by atoms with van der Waals surface area (Å²) >= 11 is 0. The summed E-state index contributed by atoms with van der Waals surface area (Å²) in [6.45, 7) is 7.09. The van der Waals surface area contributed by atoms with E-state index < -0.39 is 18.6 Å². The monoisotopic (exact) mass is 466 g/mol. The molecule has 0 amide bonds. The van der Waals surface area contributed by atoms with Crippen LogP contribution in [-0.4, -0.2) is 14.5 Å². The minimum Gasteiger partial charge on any atom is -0.456 e. The van der Waals surface area contributed by atoms with Crippen LogP contribution in [0.3, 0.4) is 0 Å². The van der Waals surface area contributed by atoms with E-state index in [-0.39, 0.29) is 11.1 Å². The van der Waals surface area contributed by atoms with Gasteiger partial charge in [-0.1, -0.05) is 26.8 Å². The Bertz CT molecular complexity index is 1940. The number of hydrogen-bond donors (Lipinski definition) is 0. The molecule has 4 heteroatoms. The third kappa shape index (κ3) is 3.59. The first-order chi connectivity index (χ1) is 18.7. The molecule has 35 heavy (non-hydrogen) atoms. The molecule has 0 saturated carbocycles. The highest BCUT2D eigenvalue weighted by Gasteiger charge is 2.17. The maximum Gasteiger partial charge on any atom is 0.136 e. The number of pyridine rings is 1. The van der Waals surface area contributed by atoms with E-state index in [1.54, 1.807) is 26.8 Å². The summed E-state index contributed by atoms with van der Waals surface area (Å²) in [7, 11) is 0. The van der Waals surface area contributed by atoms with Gasteiger partial charge in [0.15, 0.2) is 0 Å². The van der Waals surface area contributed by atoms with E-state index in [2.05, 4.69) is 41.6 Å². The maximum atomic E-state index is 8.86.